The quantitative estimate of drug-likeness (QED) is 0.900. The van der Waals surface area contributed by atoms with Crippen molar-refractivity contribution in [1.82, 2.24) is 19.4 Å². The fourth-order valence-corrected chi connectivity index (χ4v) is 3.19. The van der Waals surface area contributed by atoms with Crippen molar-refractivity contribution in [3.63, 3.8) is 0 Å². The zero-order valence-corrected chi connectivity index (χ0v) is 14.3. The summed E-state index contributed by atoms with van der Waals surface area (Å²) in [5.74, 6) is 0.724. The first-order valence-corrected chi connectivity index (χ1v) is 8.01. The Balaban J connectivity index is 1.67. The van der Waals surface area contributed by atoms with Gasteiger partial charge in [-0.1, -0.05) is 0 Å². The van der Waals surface area contributed by atoms with E-state index < -0.39 is 5.60 Å². The zero-order chi connectivity index (χ0) is 17.3. The van der Waals surface area contributed by atoms with E-state index in [0.717, 1.165) is 11.5 Å². The number of carbonyl (C=O) groups excluding carboxylic acids is 1. The smallest absolute Gasteiger partial charge is 0.270 e. The molecule has 0 radical (unpaired) electrons. The Morgan fingerprint density at radius 1 is 1.46 bits per heavy atom. The number of nitrogens with zero attached hydrogens (tertiary/aromatic N) is 5. The van der Waals surface area contributed by atoms with Gasteiger partial charge in [0.2, 0.25) is 0 Å². The minimum atomic E-state index is -0.936. The first kappa shape index (κ1) is 16.4. The monoisotopic (exact) mass is 329 g/mol. The van der Waals surface area contributed by atoms with Crippen LogP contribution in [-0.2, 0) is 7.05 Å². The first-order valence-electron chi connectivity index (χ1n) is 8.01. The summed E-state index contributed by atoms with van der Waals surface area (Å²) >= 11 is 0. The van der Waals surface area contributed by atoms with Crippen molar-refractivity contribution in [2.24, 2.45) is 7.05 Å². The lowest BCUT2D eigenvalue weighted by Gasteiger charge is -2.29. The van der Waals surface area contributed by atoms with Crippen LogP contribution in [0.25, 0.3) is 0 Å². The van der Waals surface area contributed by atoms with Gasteiger partial charge in [-0.05, 0) is 25.5 Å². The van der Waals surface area contributed by atoms with Crippen LogP contribution >= 0.6 is 0 Å². The van der Waals surface area contributed by atoms with E-state index in [4.69, 9.17) is 0 Å². The van der Waals surface area contributed by atoms with Crippen molar-refractivity contribution >= 4 is 11.7 Å². The van der Waals surface area contributed by atoms with Crippen LogP contribution in [0.5, 0.6) is 0 Å². The fourth-order valence-electron chi connectivity index (χ4n) is 3.19. The number of rotatable bonds is 4. The average Bonchev–Trinajstić information content (AvgIpc) is 3.13. The van der Waals surface area contributed by atoms with Crippen molar-refractivity contribution in [2.45, 2.75) is 18.9 Å². The summed E-state index contributed by atoms with van der Waals surface area (Å²) in [6, 6.07) is 5.53. The molecule has 0 bridgehead atoms. The summed E-state index contributed by atoms with van der Waals surface area (Å²) in [6.45, 7) is 3.37. The Hall–Kier alpha value is -2.41. The Morgan fingerprint density at radius 2 is 2.25 bits per heavy atom. The molecule has 1 fully saturated rings. The van der Waals surface area contributed by atoms with Crippen LogP contribution in [-0.4, -0.2) is 62.7 Å². The average molecular weight is 329 g/mol. The molecule has 7 nitrogen and oxygen atoms in total. The van der Waals surface area contributed by atoms with Crippen molar-refractivity contribution in [3.05, 3.63) is 42.1 Å². The molecule has 0 unspecified atom stereocenters. The molecule has 1 saturated heterocycles. The number of aromatic nitrogens is 3. The molecule has 2 aromatic heterocycles. The Kier molecular flexibility index (Phi) is 4.28. The third-order valence-electron chi connectivity index (χ3n) is 4.49. The van der Waals surface area contributed by atoms with Crippen molar-refractivity contribution in [1.29, 1.82) is 0 Å². The second-order valence-electron chi connectivity index (χ2n) is 6.58. The Morgan fingerprint density at radius 3 is 2.92 bits per heavy atom. The number of β-amino-alcohol motifs (C(OH)–C–C–N with tert-alkyl or cyclic N) is 1. The highest BCUT2D eigenvalue weighted by Gasteiger charge is 2.38. The second kappa shape index (κ2) is 6.24. The van der Waals surface area contributed by atoms with Crippen molar-refractivity contribution < 1.29 is 9.90 Å². The number of carbonyl (C=O) groups is 1. The molecule has 1 aliphatic rings. The number of aliphatic hydroxyl groups is 1. The minimum Gasteiger partial charge on any atom is -0.386 e. The SMILES string of the molecule is Cc1cc(N2CC[C@](O)(CN(C)C(=O)c3cccn3C)C2)ncn1. The molecule has 2 aromatic rings. The van der Waals surface area contributed by atoms with Gasteiger partial charge in [0.1, 0.15) is 23.4 Å². The largest absolute Gasteiger partial charge is 0.386 e. The van der Waals surface area contributed by atoms with Gasteiger partial charge < -0.3 is 19.5 Å². The molecular weight excluding hydrogens is 306 g/mol. The molecule has 0 aromatic carbocycles. The van der Waals surface area contributed by atoms with E-state index in [9.17, 15) is 9.90 Å². The summed E-state index contributed by atoms with van der Waals surface area (Å²) in [4.78, 5) is 24.5. The summed E-state index contributed by atoms with van der Waals surface area (Å²) in [6.07, 6.45) is 3.97. The highest BCUT2D eigenvalue weighted by Crippen LogP contribution is 2.26. The molecule has 3 rings (SSSR count). The molecule has 1 atom stereocenters. The van der Waals surface area contributed by atoms with Crippen molar-refractivity contribution in [3.8, 4) is 0 Å². The van der Waals surface area contributed by atoms with Crippen LogP contribution in [0.15, 0.2) is 30.7 Å². The van der Waals surface area contributed by atoms with Crippen LogP contribution in [0.2, 0.25) is 0 Å². The van der Waals surface area contributed by atoms with Crippen LogP contribution in [0.4, 0.5) is 5.82 Å². The van der Waals surface area contributed by atoms with Crippen LogP contribution in [0.3, 0.4) is 0 Å². The molecule has 24 heavy (non-hydrogen) atoms. The predicted octanol–water partition coefficient (Wildman–Crippen LogP) is 0.837. The predicted molar refractivity (Wildman–Crippen MR) is 90.9 cm³/mol. The van der Waals surface area contributed by atoms with E-state index in [1.54, 1.807) is 22.6 Å². The van der Waals surface area contributed by atoms with Crippen LogP contribution in [0.1, 0.15) is 22.6 Å². The van der Waals surface area contributed by atoms with E-state index in [2.05, 4.69) is 9.97 Å². The lowest BCUT2D eigenvalue weighted by Crippen LogP contribution is -2.46. The van der Waals surface area contributed by atoms with E-state index in [1.807, 2.05) is 37.2 Å². The highest BCUT2D eigenvalue weighted by molar-refractivity contribution is 5.92. The molecule has 128 valence electrons. The number of anilines is 1. The lowest BCUT2D eigenvalue weighted by atomic mass is 10.0. The molecule has 7 heteroatoms. The van der Waals surface area contributed by atoms with Gasteiger partial charge >= 0.3 is 0 Å². The molecular formula is C17H23N5O2. The lowest BCUT2D eigenvalue weighted by molar-refractivity contribution is 0.0260. The maximum absolute atomic E-state index is 12.5. The maximum atomic E-state index is 12.5. The van der Waals surface area contributed by atoms with E-state index >= 15 is 0 Å². The number of likely N-dealkylation sites (N-methyl/N-ethyl adjacent to an activating group) is 1. The van der Waals surface area contributed by atoms with Gasteiger partial charge in [-0.2, -0.15) is 0 Å². The van der Waals surface area contributed by atoms with Gasteiger partial charge in [-0.3, -0.25) is 4.79 Å². The van der Waals surface area contributed by atoms with Crippen LogP contribution < -0.4 is 4.90 Å². The first-order chi connectivity index (χ1) is 11.4. The number of hydrogen-bond donors (Lipinski definition) is 1. The third-order valence-corrected chi connectivity index (χ3v) is 4.49. The molecule has 1 aliphatic heterocycles. The summed E-state index contributed by atoms with van der Waals surface area (Å²) < 4.78 is 1.79. The molecule has 1 amide bonds. The second-order valence-corrected chi connectivity index (χ2v) is 6.58. The standard InChI is InChI=1S/C17H23N5O2/c1-13-9-15(19-12-18-13)22-8-6-17(24,11-22)10-21(3)16(23)14-5-4-7-20(14)2/h4-5,7,9,12,24H,6,8,10-11H2,1-3H3/t17-/m0/s1. The van der Waals surface area contributed by atoms with E-state index in [0.29, 0.717) is 25.2 Å². The van der Waals surface area contributed by atoms with Crippen molar-refractivity contribution in [2.75, 3.05) is 31.6 Å². The normalized spacial score (nSPS) is 20.4. The number of hydrogen-bond acceptors (Lipinski definition) is 5. The Bertz CT molecular complexity index is 744. The molecule has 0 saturated carbocycles. The van der Waals surface area contributed by atoms with Gasteiger partial charge in [-0.15, -0.1) is 0 Å². The number of amides is 1. The van der Waals surface area contributed by atoms with Crippen LogP contribution in [0, 0.1) is 6.92 Å². The van der Waals surface area contributed by atoms with Gasteiger partial charge in [0, 0.05) is 45.1 Å². The van der Waals surface area contributed by atoms with E-state index in [-0.39, 0.29) is 12.5 Å². The molecule has 0 spiro atoms. The molecule has 0 aliphatic carbocycles. The topological polar surface area (TPSA) is 74.5 Å². The van der Waals surface area contributed by atoms with Gasteiger partial charge in [0.25, 0.3) is 5.91 Å². The molecule has 3 heterocycles. The number of aryl methyl sites for hydroxylation is 2. The van der Waals surface area contributed by atoms with Gasteiger partial charge in [-0.25, -0.2) is 9.97 Å². The molecule has 1 N–H and O–H groups in total. The van der Waals surface area contributed by atoms with E-state index in [1.165, 1.54) is 6.33 Å². The summed E-state index contributed by atoms with van der Waals surface area (Å²) in [5.41, 5.74) is 0.572. The Labute approximate surface area is 141 Å². The summed E-state index contributed by atoms with van der Waals surface area (Å²) in [5, 5.41) is 10.9. The zero-order valence-electron chi connectivity index (χ0n) is 14.3. The highest BCUT2D eigenvalue weighted by atomic mass is 16.3. The van der Waals surface area contributed by atoms with Gasteiger partial charge in [0.05, 0.1) is 6.54 Å². The minimum absolute atomic E-state index is 0.0905. The third kappa shape index (κ3) is 3.26. The fraction of sp³-hybridized carbons (Fsp3) is 0.471. The van der Waals surface area contributed by atoms with Gasteiger partial charge in [0.15, 0.2) is 0 Å². The maximum Gasteiger partial charge on any atom is 0.270 e. The summed E-state index contributed by atoms with van der Waals surface area (Å²) in [7, 11) is 3.56.